The Labute approximate surface area is 121 Å². The topological polar surface area (TPSA) is 32.7 Å². The minimum atomic E-state index is -0.386. The van der Waals surface area contributed by atoms with Crippen molar-refractivity contribution in [3.63, 3.8) is 0 Å². The summed E-state index contributed by atoms with van der Waals surface area (Å²) >= 11 is 0. The summed E-state index contributed by atoms with van der Waals surface area (Å²) in [5.41, 5.74) is 1.78. The third-order valence-electron chi connectivity index (χ3n) is 4.29. The van der Waals surface area contributed by atoms with Gasteiger partial charge in [-0.2, -0.15) is 5.10 Å². The molecule has 0 atom stereocenters. The molecule has 0 bridgehead atoms. The lowest BCUT2D eigenvalue weighted by atomic mass is 9.74. The molecule has 2 rings (SSSR count). The van der Waals surface area contributed by atoms with Crippen molar-refractivity contribution in [1.29, 1.82) is 0 Å². The summed E-state index contributed by atoms with van der Waals surface area (Å²) < 4.78 is 0. The number of hydrogen-bond donors (Lipinski definition) is 0. The second-order valence-corrected chi connectivity index (χ2v) is 5.78. The van der Waals surface area contributed by atoms with Crippen LogP contribution in [0.3, 0.4) is 0 Å². The predicted molar refractivity (Wildman–Crippen MR) is 82.3 cm³/mol. The molecule has 0 aliphatic carbocycles. The van der Waals surface area contributed by atoms with Crippen LogP contribution in [-0.4, -0.2) is 16.6 Å². The van der Waals surface area contributed by atoms with Crippen LogP contribution in [-0.2, 0) is 11.3 Å². The van der Waals surface area contributed by atoms with E-state index in [1.165, 1.54) is 0 Å². The van der Waals surface area contributed by atoms with E-state index < -0.39 is 0 Å². The molecule has 20 heavy (non-hydrogen) atoms. The molecule has 0 aromatic heterocycles. The number of nitrogens with zero attached hydrogens (tertiary/aromatic N) is 2. The highest BCUT2D eigenvalue weighted by Crippen LogP contribution is 2.39. The molecule has 0 saturated heterocycles. The van der Waals surface area contributed by atoms with Gasteiger partial charge in [-0.1, -0.05) is 58.0 Å². The number of carbonyl (C=O) groups excluding carboxylic acids is 1. The quantitative estimate of drug-likeness (QED) is 0.801. The Kier molecular flexibility index (Phi) is 4.26. The summed E-state index contributed by atoms with van der Waals surface area (Å²) in [5.74, 6) is 0.467. The first-order valence-corrected chi connectivity index (χ1v) is 7.50. The van der Waals surface area contributed by atoms with Crippen LogP contribution < -0.4 is 0 Å². The minimum absolute atomic E-state index is 0.162. The fourth-order valence-electron chi connectivity index (χ4n) is 3.07. The van der Waals surface area contributed by atoms with Crippen molar-refractivity contribution in [1.82, 2.24) is 5.01 Å². The Morgan fingerprint density at radius 2 is 1.75 bits per heavy atom. The van der Waals surface area contributed by atoms with Gasteiger partial charge in [-0.3, -0.25) is 4.79 Å². The molecule has 0 unspecified atom stereocenters. The monoisotopic (exact) mass is 272 g/mol. The maximum absolute atomic E-state index is 12.8. The molecule has 0 fully saturated rings. The van der Waals surface area contributed by atoms with Crippen molar-refractivity contribution < 1.29 is 4.79 Å². The summed E-state index contributed by atoms with van der Waals surface area (Å²) in [6.45, 7) is 8.99. The van der Waals surface area contributed by atoms with Crippen molar-refractivity contribution in [2.75, 3.05) is 0 Å². The van der Waals surface area contributed by atoms with Gasteiger partial charge >= 0.3 is 0 Å². The van der Waals surface area contributed by atoms with E-state index in [2.05, 4.69) is 32.8 Å². The number of carbonyl (C=O) groups is 1. The molecule has 108 valence electrons. The van der Waals surface area contributed by atoms with E-state index in [0.717, 1.165) is 24.1 Å². The zero-order chi connectivity index (χ0) is 14.8. The standard InChI is InChI=1S/C17H24N2O/c1-5-17(6-2)15(13(3)4)18-19(16(17)20)12-14-10-8-7-9-11-14/h7-11,13H,5-6,12H2,1-4H3. The van der Waals surface area contributed by atoms with E-state index in [1.54, 1.807) is 5.01 Å². The Morgan fingerprint density at radius 1 is 1.15 bits per heavy atom. The molecular formula is C17H24N2O. The highest BCUT2D eigenvalue weighted by atomic mass is 16.2. The normalized spacial score (nSPS) is 17.8. The van der Waals surface area contributed by atoms with Crippen molar-refractivity contribution in [2.24, 2.45) is 16.4 Å². The van der Waals surface area contributed by atoms with Gasteiger partial charge in [0.05, 0.1) is 17.7 Å². The summed E-state index contributed by atoms with van der Waals surface area (Å²) in [7, 11) is 0. The zero-order valence-electron chi connectivity index (χ0n) is 12.9. The third kappa shape index (κ3) is 2.37. The van der Waals surface area contributed by atoms with Gasteiger partial charge in [0.2, 0.25) is 0 Å². The van der Waals surface area contributed by atoms with Crippen LogP contribution in [0.15, 0.2) is 35.4 Å². The fourth-order valence-corrected chi connectivity index (χ4v) is 3.07. The number of hydrazone groups is 1. The second-order valence-electron chi connectivity index (χ2n) is 5.78. The molecule has 1 aliphatic heterocycles. The molecule has 3 heteroatoms. The lowest BCUT2D eigenvalue weighted by Crippen LogP contribution is -2.40. The predicted octanol–water partition coefficient (Wildman–Crippen LogP) is 3.85. The maximum atomic E-state index is 12.8. The molecule has 1 amide bonds. The highest BCUT2D eigenvalue weighted by molar-refractivity contribution is 6.12. The smallest absolute Gasteiger partial charge is 0.254 e. The van der Waals surface area contributed by atoms with Gasteiger partial charge in [0.15, 0.2) is 0 Å². The zero-order valence-corrected chi connectivity index (χ0v) is 12.9. The lowest BCUT2D eigenvalue weighted by molar-refractivity contribution is -0.137. The van der Waals surface area contributed by atoms with Crippen molar-refractivity contribution >= 4 is 11.6 Å². The average Bonchev–Trinajstić information content (AvgIpc) is 2.74. The van der Waals surface area contributed by atoms with Crippen LogP contribution in [0.5, 0.6) is 0 Å². The molecule has 3 nitrogen and oxygen atoms in total. The van der Waals surface area contributed by atoms with Crippen LogP contribution >= 0.6 is 0 Å². The summed E-state index contributed by atoms with van der Waals surface area (Å²) in [6.07, 6.45) is 1.65. The molecule has 1 aromatic carbocycles. The first-order valence-electron chi connectivity index (χ1n) is 7.50. The minimum Gasteiger partial charge on any atom is -0.272 e. The van der Waals surface area contributed by atoms with Gasteiger partial charge < -0.3 is 0 Å². The number of amides is 1. The van der Waals surface area contributed by atoms with Crippen LogP contribution in [0.1, 0.15) is 46.1 Å². The Balaban J connectivity index is 2.31. The largest absolute Gasteiger partial charge is 0.272 e. The molecule has 0 spiro atoms. The van der Waals surface area contributed by atoms with E-state index in [-0.39, 0.29) is 11.3 Å². The van der Waals surface area contributed by atoms with E-state index in [4.69, 9.17) is 0 Å². The van der Waals surface area contributed by atoms with E-state index >= 15 is 0 Å². The van der Waals surface area contributed by atoms with Gasteiger partial charge in [0, 0.05) is 0 Å². The average molecular weight is 272 g/mol. The van der Waals surface area contributed by atoms with E-state index in [0.29, 0.717) is 12.5 Å². The number of benzene rings is 1. The highest BCUT2D eigenvalue weighted by Gasteiger charge is 2.48. The third-order valence-corrected chi connectivity index (χ3v) is 4.29. The van der Waals surface area contributed by atoms with Gasteiger partial charge in [0.1, 0.15) is 0 Å². The summed E-state index contributed by atoms with van der Waals surface area (Å²) in [6, 6.07) is 10.1. The number of rotatable bonds is 5. The second kappa shape index (κ2) is 5.78. The van der Waals surface area contributed by atoms with E-state index in [9.17, 15) is 4.79 Å². The fraction of sp³-hybridized carbons (Fsp3) is 0.529. The SMILES string of the molecule is CCC1(CC)C(=O)N(Cc2ccccc2)N=C1C(C)C. The first kappa shape index (κ1) is 14.8. The Morgan fingerprint density at radius 3 is 2.20 bits per heavy atom. The number of hydrogen-bond acceptors (Lipinski definition) is 2. The van der Waals surface area contributed by atoms with E-state index in [1.807, 2.05) is 30.3 Å². The summed E-state index contributed by atoms with van der Waals surface area (Å²) in [4.78, 5) is 12.8. The molecule has 0 radical (unpaired) electrons. The maximum Gasteiger partial charge on any atom is 0.254 e. The van der Waals surface area contributed by atoms with Crippen LogP contribution in [0, 0.1) is 11.3 Å². The molecule has 0 N–H and O–H groups in total. The molecule has 1 aliphatic rings. The Bertz CT molecular complexity index is 501. The van der Waals surface area contributed by atoms with Gasteiger partial charge in [-0.25, -0.2) is 5.01 Å². The first-order chi connectivity index (χ1) is 9.55. The Hall–Kier alpha value is -1.64. The van der Waals surface area contributed by atoms with Crippen LogP contribution in [0.2, 0.25) is 0 Å². The van der Waals surface area contributed by atoms with Crippen LogP contribution in [0.25, 0.3) is 0 Å². The molecular weight excluding hydrogens is 248 g/mol. The molecule has 1 heterocycles. The van der Waals surface area contributed by atoms with Crippen molar-refractivity contribution in [3.8, 4) is 0 Å². The summed E-state index contributed by atoms with van der Waals surface area (Å²) in [5, 5.41) is 6.32. The lowest BCUT2D eigenvalue weighted by Gasteiger charge is -2.28. The molecule has 0 saturated carbocycles. The van der Waals surface area contributed by atoms with Gasteiger partial charge in [-0.15, -0.1) is 0 Å². The molecule has 1 aromatic rings. The van der Waals surface area contributed by atoms with Crippen molar-refractivity contribution in [3.05, 3.63) is 35.9 Å². The van der Waals surface area contributed by atoms with Crippen LogP contribution in [0.4, 0.5) is 0 Å². The van der Waals surface area contributed by atoms with Gasteiger partial charge in [0.25, 0.3) is 5.91 Å². The van der Waals surface area contributed by atoms with Crippen molar-refractivity contribution in [2.45, 2.75) is 47.1 Å². The van der Waals surface area contributed by atoms with Gasteiger partial charge in [-0.05, 0) is 24.3 Å².